The molecule has 1 unspecified atom stereocenters. The number of amides is 2. The summed E-state index contributed by atoms with van der Waals surface area (Å²) in [4.78, 5) is 23.0. The number of benzene rings is 2. The Hall–Kier alpha value is -3.51. The van der Waals surface area contributed by atoms with Crippen molar-refractivity contribution in [2.45, 2.75) is 12.6 Å². The van der Waals surface area contributed by atoms with Gasteiger partial charge in [-0.2, -0.15) is 5.26 Å². The number of halogens is 2. The normalized spacial score (nSPS) is 11.3. The highest BCUT2D eigenvalue weighted by atomic mass is 19.1. The summed E-state index contributed by atoms with van der Waals surface area (Å²) in [6.07, 6.45) is -3.16. The number of carboxylic acid groups (broad SMARTS) is 1. The Morgan fingerprint density at radius 3 is 2.44 bits per heavy atom. The molecule has 2 rings (SSSR count). The van der Waals surface area contributed by atoms with Crippen molar-refractivity contribution in [2.75, 3.05) is 12.4 Å². The molecule has 27 heavy (non-hydrogen) atoms. The Morgan fingerprint density at radius 1 is 1.22 bits per heavy atom. The quantitative estimate of drug-likeness (QED) is 0.719. The van der Waals surface area contributed by atoms with E-state index in [9.17, 15) is 18.4 Å². The molecular formula is C18H15F2N3O4. The fourth-order valence-corrected chi connectivity index (χ4v) is 2.36. The van der Waals surface area contributed by atoms with Crippen molar-refractivity contribution in [2.24, 2.45) is 0 Å². The Bertz CT molecular complexity index is 895. The van der Waals surface area contributed by atoms with Crippen molar-refractivity contribution in [1.82, 2.24) is 5.32 Å². The van der Waals surface area contributed by atoms with Gasteiger partial charge in [-0.05, 0) is 29.8 Å². The highest BCUT2D eigenvalue weighted by molar-refractivity contribution is 5.85. The van der Waals surface area contributed by atoms with Crippen molar-refractivity contribution >= 4 is 17.7 Å². The third-order valence-corrected chi connectivity index (χ3v) is 3.65. The van der Waals surface area contributed by atoms with Crippen molar-refractivity contribution in [3.63, 3.8) is 0 Å². The SMILES string of the molecule is COC(C(=O)NCc1ccc(C#N)cc1)c1c(F)ccc(NC(=O)O)c1F. The van der Waals surface area contributed by atoms with Crippen LogP contribution in [0, 0.1) is 23.0 Å². The lowest BCUT2D eigenvalue weighted by atomic mass is 10.1. The molecule has 0 aromatic heterocycles. The fourth-order valence-electron chi connectivity index (χ4n) is 2.36. The van der Waals surface area contributed by atoms with Gasteiger partial charge < -0.3 is 15.2 Å². The Balaban J connectivity index is 2.20. The molecule has 1 atom stereocenters. The second-order valence-electron chi connectivity index (χ2n) is 5.40. The Morgan fingerprint density at radius 2 is 1.89 bits per heavy atom. The zero-order valence-electron chi connectivity index (χ0n) is 14.1. The van der Waals surface area contributed by atoms with Crippen LogP contribution in [-0.2, 0) is 16.1 Å². The lowest BCUT2D eigenvalue weighted by molar-refractivity contribution is -0.131. The lowest BCUT2D eigenvalue weighted by Crippen LogP contribution is -2.31. The van der Waals surface area contributed by atoms with Gasteiger partial charge in [-0.1, -0.05) is 12.1 Å². The minimum atomic E-state index is -1.63. The van der Waals surface area contributed by atoms with Gasteiger partial charge in [0.1, 0.15) is 5.82 Å². The maximum Gasteiger partial charge on any atom is 0.409 e. The summed E-state index contributed by atoms with van der Waals surface area (Å²) in [7, 11) is 1.10. The van der Waals surface area contributed by atoms with Crippen molar-refractivity contribution in [1.29, 1.82) is 5.26 Å². The largest absolute Gasteiger partial charge is 0.465 e. The number of carbonyl (C=O) groups excluding carboxylic acids is 1. The minimum Gasteiger partial charge on any atom is -0.465 e. The maximum atomic E-state index is 14.5. The van der Waals surface area contributed by atoms with E-state index in [2.05, 4.69) is 5.32 Å². The van der Waals surface area contributed by atoms with Crippen LogP contribution < -0.4 is 10.6 Å². The predicted molar refractivity (Wildman–Crippen MR) is 90.8 cm³/mol. The van der Waals surface area contributed by atoms with E-state index in [4.69, 9.17) is 15.1 Å². The van der Waals surface area contributed by atoms with Crippen LogP contribution >= 0.6 is 0 Å². The van der Waals surface area contributed by atoms with Crippen LogP contribution in [-0.4, -0.2) is 24.2 Å². The van der Waals surface area contributed by atoms with Crippen LogP contribution in [0.4, 0.5) is 19.3 Å². The molecule has 0 saturated heterocycles. The molecule has 2 amide bonds. The van der Waals surface area contributed by atoms with Crippen LogP contribution in [0.3, 0.4) is 0 Å². The molecule has 0 saturated carbocycles. The van der Waals surface area contributed by atoms with Crippen molar-refractivity contribution in [3.05, 3.63) is 64.7 Å². The number of nitrogens with zero attached hydrogens (tertiary/aromatic N) is 1. The molecule has 0 radical (unpaired) electrons. The summed E-state index contributed by atoms with van der Waals surface area (Å²) in [5.74, 6) is -3.10. The van der Waals surface area contributed by atoms with Crippen molar-refractivity contribution < 1.29 is 28.2 Å². The topological polar surface area (TPSA) is 111 Å². The first-order valence-corrected chi connectivity index (χ1v) is 7.64. The van der Waals surface area contributed by atoms with Crippen LogP contribution in [0.2, 0.25) is 0 Å². The number of hydrogen-bond donors (Lipinski definition) is 3. The number of ether oxygens (including phenoxy) is 1. The van der Waals surface area contributed by atoms with Gasteiger partial charge in [0.2, 0.25) is 0 Å². The summed E-state index contributed by atoms with van der Waals surface area (Å²) >= 11 is 0. The Kier molecular flexibility index (Phi) is 6.41. The molecule has 9 heteroatoms. The van der Waals surface area contributed by atoms with Gasteiger partial charge in [0.05, 0.1) is 22.9 Å². The molecule has 0 aliphatic carbocycles. The number of methoxy groups -OCH3 is 1. The second-order valence-corrected chi connectivity index (χ2v) is 5.40. The van der Waals surface area contributed by atoms with Crippen LogP contribution in [0.15, 0.2) is 36.4 Å². The molecule has 0 aliphatic heterocycles. The van der Waals surface area contributed by atoms with E-state index in [0.717, 1.165) is 19.2 Å². The first kappa shape index (κ1) is 19.8. The molecule has 140 valence electrons. The first-order chi connectivity index (χ1) is 12.9. The predicted octanol–water partition coefficient (Wildman–Crippen LogP) is 2.93. The number of hydrogen-bond acceptors (Lipinski definition) is 4. The molecule has 0 heterocycles. The van der Waals surface area contributed by atoms with Gasteiger partial charge in [0.15, 0.2) is 11.9 Å². The van der Waals surface area contributed by atoms with Gasteiger partial charge in [-0.3, -0.25) is 10.1 Å². The molecule has 0 spiro atoms. The Labute approximate surface area is 153 Å². The zero-order valence-corrected chi connectivity index (χ0v) is 14.1. The smallest absolute Gasteiger partial charge is 0.409 e. The number of rotatable bonds is 6. The van der Waals surface area contributed by atoms with Gasteiger partial charge in [0.25, 0.3) is 5.91 Å². The zero-order chi connectivity index (χ0) is 20.0. The maximum absolute atomic E-state index is 14.5. The monoisotopic (exact) mass is 375 g/mol. The summed E-state index contributed by atoms with van der Waals surface area (Å²) < 4.78 is 33.5. The van der Waals surface area contributed by atoms with Crippen molar-refractivity contribution in [3.8, 4) is 6.07 Å². The van der Waals surface area contributed by atoms with E-state index in [-0.39, 0.29) is 6.54 Å². The van der Waals surface area contributed by atoms with E-state index in [0.29, 0.717) is 11.1 Å². The molecule has 2 aromatic rings. The molecular weight excluding hydrogens is 360 g/mol. The number of nitriles is 1. The molecule has 0 aliphatic rings. The summed E-state index contributed by atoms with van der Waals surface area (Å²) in [6, 6.07) is 10.1. The van der Waals surface area contributed by atoms with Crippen LogP contribution in [0.5, 0.6) is 0 Å². The average molecular weight is 375 g/mol. The van der Waals surface area contributed by atoms with E-state index in [1.54, 1.807) is 29.6 Å². The molecule has 0 fully saturated rings. The number of nitrogens with one attached hydrogen (secondary N) is 2. The van der Waals surface area contributed by atoms with E-state index < -0.39 is 41.0 Å². The second kappa shape index (κ2) is 8.73. The van der Waals surface area contributed by atoms with E-state index >= 15 is 0 Å². The highest BCUT2D eigenvalue weighted by Crippen LogP contribution is 2.28. The number of carbonyl (C=O) groups is 2. The number of anilines is 1. The molecule has 7 nitrogen and oxygen atoms in total. The summed E-state index contributed by atoms with van der Waals surface area (Å²) in [5.41, 5.74) is -0.0897. The standard InChI is InChI=1S/C18H15F2N3O4/c1-27-16(14-12(19)6-7-13(15(14)20)23-18(25)26)17(24)22-9-11-4-2-10(8-21)3-5-11/h2-7,16,23H,9H2,1H3,(H,22,24)(H,25,26). The lowest BCUT2D eigenvalue weighted by Gasteiger charge is -2.18. The van der Waals surface area contributed by atoms with E-state index in [1.165, 1.54) is 0 Å². The molecule has 0 bridgehead atoms. The van der Waals surface area contributed by atoms with Crippen LogP contribution in [0.25, 0.3) is 0 Å². The average Bonchev–Trinajstić information content (AvgIpc) is 2.65. The van der Waals surface area contributed by atoms with Gasteiger partial charge >= 0.3 is 6.09 Å². The first-order valence-electron chi connectivity index (χ1n) is 7.64. The third kappa shape index (κ3) is 4.77. The molecule has 3 N–H and O–H groups in total. The summed E-state index contributed by atoms with van der Waals surface area (Å²) in [6.45, 7) is 0.0424. The van der Waals surface area contributed by atoms with Crippen LogP contribution in [0.1, 0.15) is 22.8 Å². The fraction of sp³-hybridized carbons (Fsp3) is 0.167. The van der Waals surface area contributed by atoms with Gasteiger partial charge in [0, 0.05) is 13.7 Å². The van der Waals surface area contributed by atoms with E-state index in [1.807, 2.05) is 6.07 Å². The molecule has 2 aromatic carbocycles. The highest BCUT2D eigenvalue weighted by Gasteiger charge is 2.28. The van der Waals surface area contributed by atoms with Gasteiger partial charge in [-0.15, -0.1) is 0 Å². The minimum absolute atomic E-state index is 0.0424. The summed E-state index contributed by atoms with van der Waals surface area (Å²) in [5, 5.41) is 21.7. The van der Waals surface area contributed by atoms with Gasteiger partial charge in [-0.25, -0.2) is 13.6 Å². The third-order valence-electron chi connectivity index (χ3n) is 3.65.